The van der Waals surface area contributed by atoms with E-state index < -0.39 is 37.3 Å². The van der Waals surface area contributed by atoms with Crippen molar-refractivity contribution in [2.75, 3.05) is 19.4 Å². The summed E-state index contributed by atoms with van der Waals surface area (Å²) in [6.07, 6.45) is 0. The summed E-state index contributed by atoms with van der Waals surface area (Å²) in [4.78, 5) is 11.9. The second kappa shape index (κ2) is 7.11. The molecule has 0 radical (unpaired) electrons. The lowest BCUT2D eigenvalue weighted by Gasteiger charge is -2.13. The van der Waals surface area contributed by atoms with Gasteiger partial charge in [-0.3, -0.25) is 4.79 Å². The van der Waals surface area contributed by atoms with Crippen LogP contribution in [0.4, 0.5) is 10.1 Å². The Morgan fingerprint density at radius 3 is 2.04 bits per heavy atom. The normalized spacial score (nSPS) is 12.2. The van der Waals surface area contributed by atoms with Gasteiger partial charge in [0.15, 0.2) is 0 Å². The van der Waals surface area contributed by atoms with Crippen LogP contribution < -0.4 is 10.5 Å². The molecule has 0 bridgehead atoms. The van der Waals surface area contributed by atoms with Gasteiger partial charge in [-0.1, -0.05) is 0 Å². The maximum atomic E-state index is 14.0. The van der Waals surface area contributed by atoms with Crippen LogP contribution in [0.3, 0.4) is 0 Å². The number of nitrogens with two attached hydrogens (primary N) is 1. The van der Waals surface area contributed by atoms with E-state index in [1.807, 2.05) is 0 Å². The molecule has 3 N–H and O–H groups in total. The first-order chi connectivity index (χ1) is 11.9. The zero-order valence-corrected chi connectivity index (χ0v) is 15.4. The number of hydrogen-bond donors (Lipinski definition) is 2. The Labute approximate surface area is 150 Å². The topological polar surface area (TPSA) is 127 Å². The molecular formula is C15H16FN3O5S2. The molecule has 2 aromatic rings. The highest BCUT2D eigenvalue weighted by Gasteiger charge is 2.21. The summed E-state index contributed by atoms with van der Waals surface area (Å²) in [5.41, 5.74) is -0.286. The number of benzene rings is 2. The molecule has 0 aliphatic carbocycles. The van der Waals surface area contributed by atoms with Crippen molar-refractivity contribution >= 4 is 31.6 Å². The minimum absolute atomic E-state index is 0.152. The first-order valence-corrected chi connectivity index (χ1v) is 10.1. The van der Waals surface area contributed by atoms with E-state index in [9.17, 15) is 26.0 Å². The highest BCUT2D eigenvalue weighted by molar-refractivity contribution is 7.89. The molecule has 140 valence electrons. The van der Waals surface area contributed by atoms with E-state index in [1.54, 1.807) is 0 Å². The number of amides is 1. The summed E-state index contributed by atoms with van der Waals surface area (Å²) in [7, 11) is -5.10. The number of primary sulfonamides is 1. The number of nitrogens with zero attached hydrogens (tertiary/aromatic N) is 1. The molecule has 2 aromatic carbocycles. The summed E-state index contributed by atoms with van der Waals surface area (Å²) >= 11 is 0. The van der Waals surface area contributed by atoms with E-state index >= 15 is 0 Å². The molecule has 11 heteroatoms. The van der Waals surface area contributed by atoms with Crippen LogP contribution in [0, 0.1) is 5.82 Å². The molecule has 2 rings (SSSR count). The van der Waals surface area contributed by atoms with Crippen molar-refractivity contribution in [2.45, 2.75) is 9.79 Å². The van der Waals surface area contributed by atoms with Crippen molar-refractivity contribution in [3.05, 3.63) is 53.8 Å². The smallest absolute Gasteiger partial charge is 0.258 e. The van der Waals surface area contributed by atoms with Crippen LogP contribution in [0.5, 0.6) is 0 Å². The third-order valence-electron chi connectivity index (χ3n) is 3.40. The standard InChI is InChI=1S/C15H16FN3O5S2/c1-19(2)26(23,24)12-7-8-14(16)13(9-12)15(20)18-10-3-5-11(6-4-10)25(17,21)22/h3-9H,1-2H3,(H,18,20)(H2,17,21,22). The molecule has 0 saturated carbocycles. The number of hydrogen-bond acceptors (Lipinski definition) is 5. The fraction of sp³-hybridized carbons (Fsp3) is 0.133. The number of carbonyl (C=O) groups is 1. The molecule has 8 nitrogen and oxygen atoms in total. The zero-order chi connectivity index (χ0) is 19.7. The van der Waals surface area contributed by atoms with E-state index in [-0.39, 0.29) is 15.5 Å². The number of anilines is 1. The van der Waals surface area contributed by atoms with Gasteiger partial charge in [0.1, 0.15) is 5.82 Å². The van der Waals surface area contributed by atoms with Crippen LogP contribution in [0.1, 0.15) is 10.4 Å². The largest absolute Gasteiger partial charge is 0.322 e. The van der Waals surface area contributed by atoms with E-state index in [1.165, 1.54) is 38.4 Å². The van der Waals surface area contributed by atoms with Gasteiger partial charge in [0.2, 0.25) is 20.0 Å². The Morgan fingerprint density at radius 1 is 1.00 bits per heavy atom. The molecule has 0 heterocycles. The Balaban J connectivity index is 2.33. The summed E-state index contributed by atoms with van der Waals surface area (Å²) in [5, 5.41) is 7.34. The van der Waals surface area contributed by atoms with Crippen molar-refractivity contribution in [1.29, 1.82) is 0 Å². The van der Waals surface area contributed by atoms with Gasteiger partial charge in [0.25, 0.3) is 5.91 Å². The lowest BCUT2D eigenvalue weighted by atomic mass is 10.2. The Hall–Kier alpha value is -2.34. The van der Waals surface area contributed by atoms with Crippen LogP contribution in [0.2, 0.25) is 0 Å². The predicted octanol–water partition coefficient (Wildman–Crippen LogP) is 0.976. The summed E-state index contributed by atoms with van der Waals surface area (Å²) in [5.74, 6) is -1.79. The molecule has 0 saturated heterocycles. The van der Waals surface area contributed by atoms with E-state index in [4.69, 9.17) is 5.14 Å². The quantitative estimate of drug-likeness (QED) is 0.772. The summed E-state index contributed by atoms with van der Waals surface area (Å²) in [6.45, 7) is 0. The third kappa shape index (κ3) is 4.25. The third-order valence-corrected chi connectivity index (χ3v) is 6.14. The Bertz CT molecular complexity index is 1050. The molecule has 0 aliphatic heterocycles. The minimum Gasteiger partial charge on any atom is -0.322 e. The van der Waals surface area contributed by atoms with Gasteiger partial charge >= 0.3 is 0 Å². The number of nitrogens with one attached hydrogen (secondary N) is 1. The van der Waals surface area contributed by atoms with Crippen LogP contribution in [-0.4, -0.2) is 41.1 Å². The zero-order valence-electron chi connectivity index (χ0n) is 13.8. The van der Waals surface area contributed by atoms with Gasteiger partial charge in [0, 0.05) is 19.8 Å². The maximum Gasteiger partial charge on any atom is 0.258 e. The van der Waals surface area contributed by atoms with Crippen LogP contribution in [-0.2, 0) is 20.0 Å². The van der Waals surface area contributed by atoms with Crippen molar-refractivity contribution in [2.24, 2.45) is 5.14 Å². The molecule has 0 unspecified atom stereocenters. The molecule has 0 fully saturated rings. The van der Waals surface area contributed by atoms with Crippen molar-refractivity contribution in [3.63, 3.8) is 0 Å². The lowest BCUT2D eigenvalue weighted by Crippen LogP contribution is -2.23. The lowest BCUT2D eigenvalue weighted by molar-refractivity contribution is 0.102. The fourth-order valence-corrected chi connectivity index (χ4v) is 3.42. The highest BCUT2D eigenvalue weighted by Crippen LogP contribution is 2.19. The fourth-order valence-electron chi connectivity index (χ4n) is 1.98. The van der Waals surface area contributed by atoms with E-state index in [0.29, 0.717) is 0 Å². The van der Waals surface area contributed by atoms with Gasteiger partial charge in [-0.2, -0.15) is 0 Å². The van der Waals surface area contributed by atoms with Crippen LogP contribution >= 0.6 is 0 Å². The second-order valence-corrected chi connectivity index (χ2v) is 9.17. The van der Waals surface area contributed by atoms with E-state index in [0.717, 1.165) is 22.5 Å². The second-order valence-electron chi connectivity index (χ2n) is 5.45. The molecule has 1 amide bonds. The molecule has 0 atom stereocenters. The monoisotopic (exact) mass is 401 g/mol. The molecule has 0 aliphatic rings. The van der Waals surface area contributed by atoms with Gasteiger partial charge in [-0.05, 0) is 42.5 Å². The summed E-state index contributed by atoms with van der Waals surface area (Å²) in [6, 6.07) is 7.77. The number of sulfonamides is 2. The van der Waals surface area contributed by atoms with Gasteiger partial charge < -0.3 is 5.32 Å². The predicted molar refractivity (Wildman–Crippen MR) is 93.0 cm³/mol. The molecular weight excluding hydrogens is 385 g/mol. The SMILES string of the molecule is CN(C)S(=O)(=O)c1ccc(F)c(C(=O)Nc2ccc(S(N)(=O)=O)cc2)c1. The van der Waals surface area contributed by atoms with Crippen LogP contribution in [0.25, 0.3) is 0 Å². The van der Waals surface area contributed by atoms with Crippen molar-refractivity contribution < 1.29 is 26.0 Å². The first-order valence-electron chi connectivity index (χ1n) is 7.09. The average Bonchev–Trinajstić information content (AvgIpc) is 2.54. The Kier molecular flexibility index (Phi) is 5.47. The van der Waals surface area contributed by atoms with Gasteiger partial charge in [0.05, 0.1) is 15.4 Å². The Morgan fingerprint density at radius 2 is 1.54 bits per heavy atom. The van der Waals surface area contributed by atoms with Crippen LogP contribution in [0.15, 0.2) is 52.3 Å². The maximum absolute atomic E-state index is 14.0. The highest BCUT2D eigenvalue weighted by atomic mass is 32.2. The number of rotatable bonds is 5. The van der Waals surface area contributed by atoms with Gasteiger partial charge in [-0.25, -0.2) is 30.7 Å². The first kappa shape index (κ1) is 20.0. The van der Waals surface area contributed by atoms with Gasteiger partial charge in [-0.15, -0.1) is 0 Å². The average molecular weight is 401 g/mol. The van der Waals surface area contributed by atoms with Crippen molar-refractivity contribution in [3.8, 4) is 0 Å². The number of carbonyl (C=O) groups excluding carboxylic acids is 1. The molecule has 0 aromatic heterocycles. The molecule has 0 spiro atoms. The minimum atomic E-state index is -3.88. The molecule has 26 heavy (non-hydrogen) atoms. The summed E-state index contributed by atoms with van der Waals surface area (Å²) < 4.78 is 61.5. The number of halogens is 1. The van der Waals surface area contributed by atoms with Crippen molar-refractivity contribution in [1.82, 2.24) is 4.31 Å². The van der Waals surface area contributed by atoms with E-state index in [2.05, 4.69) is 5.32 Å².